The van der Waals surface area contributed by atoms with Gasteiger partial charge in [0, 0.05) is 141 Å². The number of aryl methyl sites for hydroxylation is 14. The summed E-state index contributed by atoms with van der Waals surface area (Å²) in [6, 6.07) is 105. The Morgan fingerprint density at radius 1 is 0.233 bits per heavy atom. The van der Waals surface area contributed by atoms with Crippen LogP contribution in [0.2, 0.25) is 0 Å². The topological polar surface area (TPSA) is 85.1 Å². The maximum Gasteiger partial charge on any atom is 0.216 e. The number of pyridine rings is 5. The molecule has 25 aromatic rings. The SMILES string of the molecule is Cc1cc(-c2c(C)cc(C)c3c2oc2c4ccccc4ccc23)[n+](C)cc1C.Cc1cc[n+](C)c(-c2c(C)ccc3c2oc2c4ccccc4ccc32)c1.Cc1ccc2c(oc3c4ccccc4ccc23)c1-c1cc(CC(C)C)cc[n+]1C.Cc1ccc2c(oc3c4ccccc4ccc23)c1-c1cc(CC2CCCC2)cc[n+]1C.Cc1ccc2c(oc3c4ccccc4ccc23)c1-c1cc(CC2CCCCC2)cc[n+]1C. The average Bonchev–Trinajstić information content (AvgIpc) is 1.96. The molecule has 2 saturated carbocycles. The molecule has 0 amide bonds. The molecule has 2 aliphatic rings. The maximum atomic E-state index is 6.66. The van der Waals surface area contributed by atoms with Crippen molar-refractivity contribution >= 4 is 164 Å². The maximum absolute atomic E-state index is 6.66. The minimum absolute atomic E-state index is 0.630. The van der Waals surface area contributed by atoms with Crippen LogP contribution in [0.5, 0.6) is 0 Å². The van der Waals surface area contributed by atoms with Crippen LogP contribution >= 0.6 is 0 Å². The molecule has 2 aliphatic carbocycles. The summed E-state index contributed by atoms with van der Waals surface area (Å²) < 4.78 is 44.1. The second-order valence-corrected chi connectivity index (χ2v) is 42.5. The Morgan fingerprint density at radius 3 is 0.890 bits per heavy atom. The van der Waals surface area contributed by atoms with Gasteiger partial charge in [-0.25, -0.2) is 22.8 Å². The largest absolute Gasteiger partial charge is 0.454 e. The normalized spacial score (nSPS) is 13.2. The van der Waals surface area contributed by atoms with Gasteiger partial charge in [0.05, 0.1) is 27.8 Å². The Labute approximate surface area is 854 Å². The molecule has 2 fully saturated rings. The lowest BCUT2D eigenvalue weighted by molar-refractivity contribution is -0.660. The van der Waals surface area contributed by atoms with Gasteiger partial charge in [-0.05, 0) is 218 Å². The van der Waals surface area contributed by atoms with E-state index in [1.54, 1.807) is 0 Å². The Bertz CT molecular complexity index is 9510. The molecular weight excluding hydrogens is 1780 g/mol. The Balaban J connectivity index is 0.000000101. The summed E-state index contributed by atoms with van der Waals surface area (Å²) in [6.45, 7) is 24.1. The van der Waals surface area contributed by atoms with E-state index in [1.165, 1.54) is 301 Å². The van der Waals surface area contributed by atoms with E-state index in [2.05, 4.69) is 456 Å². The number of nitrogens with zero attached hydrogens (tertiary/aromatic N) is 5. The van der Waals surface area contributed by atoms with Crippen molar-refractivity contribution in [2.45, 2.75) is 153 Å². The summed E-state index contributed by atoms with van der Waals surface area (Å²) in [4.78, 5) is 0. The third-order valence-electron chi connectivity index (χ3n) is 31.9. The second-order valence-electron chi connectivity index (χ2n) is 42.5. The summed E-state index contributed by atoms with van der Waals surface area (Å²) in [5.74, 6) is 2.30. The molecule has 0 saturated heterocycles. The minimum atomic E-state index is 0.630. The summed E-state index contributed by atoms with van der Waals surface area (Å²) in [7, 11) is 10.6. The van der Waals surface area contributed by atoms with Gasteiger partial charge < -0.3 is 22.1 Å². The first-order chi connectivity index (χ1) is 71.0. The standard InChI is InChI=1S/C30H30NO.C29H28NO.C27H26NO.C26H24NO.C24H20NO/c1-20-12-14-26-25-15-13-23-10-6-7-11-24(23)29(25)32-30(26)28(20)27-19-22(16-17-31(27)2)18-21-8-4-3-5-9-21;1-19-11-13-25-24-14-12-22-9-5-6-10-23(22)28(24)31-29(25)27(19)26-18-21(15-16-30(26)2)17-20-7-3-4-8-20;1-17(2)15-19-13-14-28(4)24(16-19)25-18(3)9-11-23-22-12-10-20-7-5-6-8-21(20)26(22)29-27(23)25;1-15-13-22(27(5)14-18(15)4)24-17(3)12-16(2)23-21-11-10-19-8-6-7-9-20(19)25(21)28-26(23)24;1-15-12-13-25(3)21(14-15)22-16(2)8-10-20-19-11-9-17-6-4-5-7-18(17)23(19)26-24(20)22/h6-7,10-17,19,21H,3-5,8-9,18H2,1-2H3;5-6,9-16,18,20H,3-4,7-8,17H2,1-2H3;5-14,16-17H,15H2,1-4H3;6-14H,1-5H3;4-14H,1-3H3/q5*+1. The number of rotatable bonds is 11. The molecule has 10 aromatic heterocycles. The molecule has 0 bridgehead atoms. The minimum Gasteiger partial charge on any atom is -0.454 e. The number of aromatic nitrogens is 5. The van der Waals surface area contributed by atoms with Crippen LogP contribution in [-0.4, -0.2) is 0 Å². The molecule has 0 spiro atoms. The van der Waals surface area contributed by atoms with E-state index in [4.69, 9.17) is 22.1 Å². The predicted octanol–water partition coefficient (Wildman–Crippen LogP) is 34.0. The lowest BCUT2D eigenvalue weighted by atomic mass is 9.85. The van der Waals surface area contributed by atoms with E-state index >= 15 is 0 Å². The molecule has 0 radical (unpaired) electrons. The number of fused-ring (bicyclic) bond motifs is 25. The second kappa shape index (κ2) is 38.8. The van der Waals surface area contributed by atoms with Crippen LogP contribution in [0.4, 0.5) is 0 Å². The summed E-state index contributed by atoms with van der Waals surface area (Å²) >= 11 is 0. The van der Waals surface area contributed by atoms with Gasteiger partial charge in [0.2, 0.25) is 28.5 Å². The molecule has 10 nitrogen and oxygen atoms in total. The highest BCUT2D eigenvalue weighted by Crippen LogP contribution is 2.48. The van der Waals surface area contributed by atoms with Crippen molar-refractivity contribution in [3.63, 3.8) is 0 Å². The van der Waals surface area contributed by atoms with Crippen LogP contribution in [0.1, 0.15) is 138 Å². The van der Waals surface area contributed by atoms with Gasteiger partial charge in [0.15, 0.2) is 31.0 Å². The fourth-order valence-electron chi connectivity index (χ4n) is 24.1. The van der Waals surface area contributed by atoms with Crippen molar-refractivity contribution in [1.29, 1.82) is 0 Å². The van der Waals surface area contributed by atoms with Crippen LogP contribution in [0, 0.1) is 80.1 Å². The molecule has 0 aliphatic heterocycles. The molecular formula is C136H128N5O5+5. The van der Waals surface area contributed by atoms with E-state index < -0.39 is 0 Å². The van der Waals surface area contributed by atoms with Crippen LogP contribution in [0.15, 0.2) is 344 Å². The van der Waals surface area contributed by atoms with Gasteiger partial charge in [-0.1, -0.05) is 278 Å². The Morgan fingerprint density at radius 2 is 0.521 bits per heavy atom. The molecule has 10 heteroatoms. The summed E-state index contributed by atoms with van der Waals surface area (Å²) in [6.07, 6.45) is 26.9. The van der Waals surface area contributed by atoms with Crippen LogP contribution in [0.3, 0.4) is 0 Å². The quantitative estimate of drug-likeness (QED) is 0.120. The van der Waals surface area contributed by atoms with Crippen LogP contribution in [0.25, 0.3) is 220 Å². The summed E-state index contributed by atoms with van der Waals surface area (Å²) in [5.41, 5.74) is 37.5. The van der Waals surface area contributed by atoms with Crippen LogP contribution in [-0.2, 0) is 54.5 Å². The van der Waals surface area contributed by atoms with E-state index in [1.807, 2.05) is 0 Å². The van der Waals surface area contributed by atoms with Crippen molar-refractivity contribution in [2.75, 3.05) is 0 Å². The van der Waals surface area contributed by atoms with Gasteiger partial charge >= 0.3 is 0 Å². The van der Waals surface area contributed by atoms with Gasteiger partial charge in [-0.3, -0.25) is 0 Å². The highest BCUT2D eigenvalue weighted by atomic mass is 16.3. The van der Waals surface area contributed by atoms with Gasteiger partial charge in [-0.2, -0.15) is 0 Å². The Hall–Kier alpha value is -15.7. The zero-order valence-corrected chi connectivity index (χ0v) is 87.1. The highest BCUT2D eigenvalue weighted by Gasteiger charge is 2.31. The first-order valence-electron chi connectivity index (χ1n) is 52.6. The fourth-order valence-corrected chi connectivity index (χ4v) is 24.1. The third kappa shape index (κ3) is 17.3. The number of hydrogen-bond acceptors (Lipinski definition) is 5. The molecule has 15 aromatic carbocycles. The third-order valence-corrected chi connectivity index (χ3v) is 31.9. The zero-order valence-electron chi connectivity index (χ0n) is 87.1. The van der Waals surface area contributed by atoms with Crippen molar-refractivity contribution in [1.82, 2.24) is 0 Å². The smallest absolute Gasteiger partial charge is 0.216 e. The first-order valence-corrected chi connectivity index (χ1v) is 52.6. The Kier molecular flexibility index (Phi) is 25.0. The lowest BCUT2D eigenvalue weighted by Gasteiger charge is -2.21. The molecule has 146 heavy (non-hydrogen) atoms. The van der Waals surface area contributed by atoms with E-state index in [0.29, 0.717) is 5.92 Å². The molecule has 0 atom stereocenters. The number of benzene rings is 15. The molecule has 722 valence electrons. The summed E-state index contributed by atoms with van der Waals surface area (Å²) in [5, 5.41) is 23.8. The zero-order chi connectivity index (χ0) is 100. The van der Waals surface area contributed by atoms with Gasteiger partial charge in [-0.15, -0.1) is 0 Å². The highest BCUT2D eigenvalue weighted by molar-refractivity contribution is 6.23. The van der Waals surface area contributed by atoms with E-state index in [9.17, 15) is 0 Å². The average molecular weight is 1910 g/mol. The lowest BCUT2D eigenvalue weighted by Crippen LogP contribution is -2.31. The molecule has 10 heterocycles. The van der Waals surface area contributed by atoms with Crippen molar-refractivity contribution < 1.29 is 44.9 Å². The fraction of sp³-hybridized carbons (Fsp3) is 0.228. The van der Waals surface area contributed by atoms with E-state index in [0.717, 1.165) is 74.1 Å². The van der Waals surface area contributed by atoms with Crippen molar-refractivity contribution in [3.8, 4) is 56.3 Å². The number of hydrogen-bond donors (Lipinski definition) is 0. The van der Waals surface area contributed by atoms with E-state index in [-0.39, 0.29) is 0 Å². The van der Waals surface area contributed by atoms with Crippen molar-refractivity contribution in [3.05, 3.63) is 389 Å². The number of furan rings is 5. The monoisotopic (exact) mass is 1910 g/mol. The first kappa shape index (κ1) is 94.0. The van der Waals surface area contributed by atoms with Gasteiger partial charge in [0.25, 0.3) is 0 Å². The molecule has 0 unspecified atom stereocenters. The molecule has 0 N–H and O–H groups in total. The van der Waals surface area contributed by atoms with Crippen LogP contribution < -0.4 is 22.8 Å². The molecule has 27 rings (SSSR count). The predicted molar refractivity (Wildman–Crippen MR) is 606 cm³/mol. The van der Waals surface area contributed by atoms with Crippen molar-refractivity contribution in [2.24, 2.45) is 53.0 Å². The van der Waals surface area contributed by atoms with Gasteiger partial charge in [0.1, 0.15) is 91.1 Å².